The molecule has 0 fully saturated rings. The molecule has 1 rings (SSSR count). The van der Waals surface area contributed by atoms with Crippen LogP contribution in [-0.2, 0) is 4.79 Å². The summed E-state index contributed by atoms with van der Waals surface area (Å²) in [7, 11) is 0. The Kier molecular flexibility index (Phi) is 4.51. The van der Waals surface area contributed by atoms with Crippen molar-refractivity contribution in [1.82, 2.24) is 0 Å². The Balaban J connectivity index is 3.08. The summed E-state index contributed by atoms with van der Waals surface area (Å²) in [4.78, 5) is 23.4. The smallest absolute Gasteiger partial charge is 0.337 e. The molecule has 0 aliphatic rings. The van der Waals surface area contributed by atoms with Gasteiger partial charge in [0.05, 0.1) is 11.3 Å². The number of hydrogen-bond acceptors (Lipinski definition) is 3. The van der Waals surface area contributed by atoms with Crippen molar-refractivity contribution < 1.29 is 19.8 Å². The molecule has 0 saturated carbocycles. The van der Waals surface area contributed by atoms with Gasteiger partial charge in [-0.15, -0.1) is 0 Å². The minimum absolute atomic E-state index is 0.127. The van der Waals surface area contributed by atoms with Crippen LogP contribution in [0.1, 0.15) is 23.7 Å². The number of nitrogens with zero attached hydrogens (tertiary/aromatic N) is 1. The maximum absolute atomic E-state index is 11.0. The molecule has 0 saturated heterocycles. The van der Waals surface area contributed by atoms with E-state index in [0.717, 1.165) is 6.42 Å². The fraction of sp³-hybridized carbons (Fsp3) is 0.333. The molecule has 0 aliphatic carbocycles. The van der Waals surface area contributed by atoms with Crippen LogP contribution >= 0.6 is 0 Å². The van der Waals surface area contributed by atoms with Crippen LogP contribution in [0.2, 0.25) is 0 Å². The van der Waals surface area contributed by atoms with Gasteiger partial charge in [-0.2, -0.15) is 0 Å². The summed E-state index contributed by atoms with van der Waals surface area (Å²) in [6.07, 6.45) is 0.751. The molecule has 0 aliphatic heterocycles. The number of rotatable bonds is 6. The summed E-state index contributed by atoms with van der Waals surface area (Å²) in [5, 5.41) is 17.9. The van der Waals surface area contributed by atoms with E-state index in [4.69, 9.17) is 10.2 Å². The molecule has 1 aromatic rings. The number of carbonyl (C=O) groups is 2. The number of aliphatic carboxylic acids is 1. The average Bonchev–Trinajstić information content (AvgIpc) is 2.28. The van der Waals surface area contributed by atoms with Crippen LogP contribution in [0.5, 0.6) is 0 Å². The lowest BCUT2D eigenvalue weighted by atomic mass is 10.1. The van der Waals surface area contributed by atoms with E-state index >= 15 is 0 Å². The van der Waals surface area contributed by atoms with Gasteiger partial charge in [0.25, 0.3) is 0 Å². The largest absolute Gasteiger partial charge is 0.480 e. The molecule has 0 atom stereocenters. The average molecular weight is 237 g/mol. The predicted molar refractivity (Wildman–Crippen MR) is 63.5 cm³/mol. The van der Waals surface area contributed by atoms with Gasteiger partial charge in [-0.25, -0.2) is 4.79 Å². The minimum atomic E-state index is -1.05. The van der Waals surface area contributed by atoms with Crippen molar-refractivity contribution in [2.75, 3.05) is 18.0 Å². The maximum Gasteiger partial charge on any atom is 0.337 e. The highest BCUT2D eigenvalue weighted by molar-refractivity contribution is 5.95. The number of anilines is 1. The van der Waals surface area contributed by atoms with Gasteiger partial charge >= 0.3 is 11.9 Å². The number of aromatic carboxylic acids is 1. The van der Waals surface area contributed by atoms with Crippen LogP contribution in [0.15, 0.2) is 24.3 Å². The zero-order chi connectivity index (χ0) is 12.8. The molecule has 0 bridgehead atoms. The Labute approximate surface area is 99.3 Å². The van der Waals surface area contributed by atoms with E-state index in [1.165, 1.54) is 6.07 Å². The van der Waals surface area contributed by atoms with E-state index in [-0.39, 0.29) is 12.1 Å². The molecule has 0 spiro atoms. The van der Waals surface area contributed by atoms with Crippen LogP contribution in [-0.4, -0.2) is 35.2 Å². The van der Waals surface area contributed by atoms with E-state index in [0.29, 0.717) is 12.2 Å². The van der Waals surface area contributed by atoms with E-state index < -0.39 is 11.9 Å². The van der Waals surface area contributed by atoms with E-state index in [2.05, 4.69) is 0 Å². The number of benzene rings is 1. The summed E-state index contributed by atoms with van der Waals surface area (Å²) in [5.74, 6) is -2.02. The normalized spacial score (nSPS) is 9.94. The Morgan fingerprint density at radius 1 is 1.24 bits per heavy atom. The zero-order valence-corrected chi connectivity index (χ0v) is 9.59. The van der Waals surface area contributed by atoms with E-state index in [9.17, 15) is 9.59 Å². The molecular formula is C12H15NO4. The molecule has 5 heteroatoms. The Morgan fingerprint density at radius 2 is 1.88 bits per heavy atom. The fourth-order valence-corrected chi connectivity index (χ4v) is 1.65. The molecule has 0 radical (unpaired) electrons. The lowest BCUT2D eigenvalue weighted by molar-refractivity contribution is -0.135. The van der Waals surface area contributed by atoms with Crippen molar-refractivity contribution in [2.24, 2.45) is 0 Å². The number of carboxylic acids is 2. The first-order valence-corrected chi connectivity index (χ1v) is 5.35. The molecule has 0 unspecified atom stereocenters. The van der Waals surface area contributed by atoms with Crippen LogP contribution in [0.4, 0.5) is 5.69 Å². The summed E-state index contributed by atoms with van der Waals surface area (Å²) in [5.41, 5.74) is 0.575. The quantitative estimate of drug-likeness (QED) is 0.787. The molecule has 0 amide bonds. The van der Waals surface area contributed by atoms with Crippen LogP contribution in [0, 0.1) is 0 Å². The number of carboxylic acid groups (broad SMARTS) is 2. The third kappa shape index (κ3) is 3.48. The van der Waals surface area contributed by atoms with Crippen molar-refractivity contribution in [1.29, 1.82) is 0 Å². The maximum atomic E-state index is 11.0. The highest BCUT2D eigenvalue weighted by atomic mass is 16.4. The highest BCUT2D eigenvalue weighted by Gasteiger charge is 2.16. The molecular weight excluding hydrogens is 222 g/mol. The van der Waals surface area contributed by atoms with Crippen LogP contribution in [0.25, 0.3) is 0 Å². The van der Waals surface area contributed by atoms with Crippen molar-refractivity contribution in [2.45, 2.75) is 13.3 Å². The summed E-state index contributed by atoms with van der Waals surface area (Å²) in [6.45, 7) is 2.23. The summed E-state index contributed by atoms with van der Waals surface area (Å²) in [6, 6.07) is 6.42. The zero-order valence-electron chi connectivity index (χ0n) is 9.59. The van der Waals surface area contributed by atoms with Gasteiger partial charge in [-0.05, 0) is 18.6 Å². The Hall–Kier alpha value is -2.04. The first kappa shape index (κ1) is 13.0. The number of para-hydroxylation sites is 1. The Morgan fingerprint density at radius 3 is 2.41 bits per heavy atom. The monoisotopic (exact) mass is 237 g/mol. The van der Waals surface area contributed by atoms with Crippen LogP contribution in [0.3, 0.4) is 0 Å². The molecule has 0 aromatic heterocycles. The highest BCUT2D eigenvalue weighted by Crippen LogP contribution is 2.20. The summed E-state index contributed by atoms with van der Waals surface area (Å²) < 4.78 is 0. The number of hydrogen-bond donors (Lipinski definition) is 2. The third-order valence-electron chi connectivity index (χ3n) is 2.29. The fourth-order valence-electron chi connectivity index (χ4n) is 1.65. The molecule has 92 valence electrons. The molecule has 1 aromatic carbocycles. The second-order valence-electron chi connectivity index (χ2n) is 3.64. The molecule has 2 N–H and O–H groups in total. The predicted octanol–water partition coefficient (Wildman–Crippen LogP) is 1.69. The van der Waals surface area contributed by atoms with Crippen molar-refractivity contribution in [3.8, 4) is 0 Å². The molecule has 0 heterocycles. The minimum Gasteiger partial charge on any atom is -0.480 e. The van der Waals surface area contributed by atoms with Gasteiger partial charge in [-0.3, -0.25) is 4.79 Å². The standard InChI is InChI=1S/C12H15NO4/c1-2-7-13(8-11(14)15)10-6-4-3-5-9(10)12(16)17/h3-6H,2,7-8H2,1H3,(H,14,15)(H,16,17). The lowest BCUT2D eigenvalue weighted by Crippen LogP contribution is -2.31. The first-order valence-electron chi connectivity index (χ1n) is 5.35. The second kappa shape index (κ2) is 5.89. The van der Waals surface area contributed by atoms with Gasteiger partial charge in [-0.1, -0.05) is 19.1 Å². The van der Waals surface area contributed by atoms with E-state index in [1.54, 1.807) is 23.1 Å². The van der Waals surface area contributed by atoms with Crippen molar-refractivity contribution in [3.63, 3.8) is 0 Å². The lowest BCUT2D eigenvalue weighted by Gasteiger charge is -2.23. The van der Waals surface area contributed by atoms with Gasteiger partial charge in [0.15, 0.2) is 0 Å². The summed E-state index contributed by atoms with van der Waals surface area (Å²) >= 11 is 0. The third-order valence-corrected chi connectivity index (χ3v) is 2.29. The van der Waals surface area contributed by atoms with E-state index in [1.807, 2.05) is 6.92 Å². The second-order valence-corrected chi connectivity index (χ2v) is 3.64. The SMILES string of the molecule is CCCN(CC(=O)O)c1ccccc1C(=O)O. The molecule has 17 heavy (non-hydrogen) atoms. The first-order chi connectivity index (χ1) is 8.06. The van der Waals surface area contributed by atoms with Crippen LogP contribution < -0.4 is 4.90 Å². The topological polar surface area (TPSA) is 77.8 Å². The van der Waals surface area contributed by atoms with Gasteiger partial charge in [0, 0.05) is 6.54 Å². The van der Waals surface area contributed by atoms with Gasteiger partial charge in [0.2, 0.25) is 0 Å². The van der Waals surface area contributed by atoms with Crippen molar-refractivity contribution >= 4 is 17.6 Å². The van der Waals surface area contributed by atoms with Gasteiger partial charge < -0.3 is 15.1 Å². The van der Waals surface area contributed by atoms with Crippen molar-refractivity contribution in [3.05, 3.63) is 29.8 Å². The molecule has 5 nitrogen and oxygen atoms in total. The van der Waals surface area contributed by atoms with Gasteiger partial charge in [0.1, 0.15) is 6.54 Å². The Bertz CT molecular complexity index is 417.